The number of carboxylic acids is 2. The molecular formula is C16H24FeN2NaO6+. The van der Waals surface area contributed by atoms with E-state index in [1.54, 1.807) is 23.1 Å². The Bertz CT molecular complexity index is 576. The Labute approximate surface area is 185 Å². The molecule has 0 spiro atoms. The summed E-state index contributed by atoms with van der Waals surface area (Å²) < 4.78 is 0. The summed E-state index contributed by atoms with van der Waals surface area (Å²) in [6, 6.07) is 5.11. The molecule has 0 aromatic heterocycles. The van der Waals surface area contributed by atoms with Crippen molar-refractivity contribution in [3.63, 3.8) is 0 Å². The molecule has 4 N–H and O–H groups in total. The van der Waals surface area contributed by atoms with Crippen molar-refractivity contribution in [1.82, 2.24) is 9.80 Å². The van der Waals surface area contributed by atoms with Crippen molar-refractivity contribution in [2.24, 2.45) is 0 Å². The molecule has 0 fully saturated rings. The van der Waals surface area contributed by atoms with Crippen LogP contribution in [0.25, 0.3) is 0 Å². The largest absolute Gasteiger partial charge is 1.00 e. The van der Waals surface area contributed by atoms with Gasteiger partial charge < -0.3 is 20.4 Å². The van der Waals surface area contributed by atoms with Crippen molar-refractivity contribution < 1.29 is 76.6 Å². The van der Waals surface area contributed by atoms with Crippen LogP contribution in [-0.2, 0) is 33.2 Å². The van der Waals surface area contributed by atoms with Gasteiger partial charge in [-0.1, -0.05) is 17.7 Å². The third-order valence-electron chi connectivity index (χ3n) is 3.50. The Kier molecular flexibility index (Phi) is 15.3. The van der Waals surface area contributed by atoms with E-state index in [1.165, 1.54) is 4.90 Å². The second-order valence-corrected chi connectivity index (χ2v) is 5.63. The minimum Gasteiger partial charge on any atom is -0.508 e. The third-order valence-corrected chi connectivity index (χ3v) is 3.50. The second kappa shape index (κ2) is 14.4. The maximum atomic E-state index is 11.0. The molecule has 142 valence electrons. The molecule has 0 unspecified atom stereocenters. The average Bonchev–Trinajstić information content (AvgIpc) is 2.47. The normalized spacial score (nSPS) is 10.3. The molecule has 0 aliphatic carbocycles. The minimum absolute atomic E-state index is 0. The average molecular weight is 419 g/mol. The maximum absolute atomic E-state index is 11.0. The molecule has 0 bridgehead atoms. The topological polar surface area (TPSA) is 122 Å². The number of rotatable bonds is 11. The van der Waals surface area contributed by atoms with Gasteiger partial charge in [-0.25, -0.2) is 0 Å². The summed E-state index contributed by atoms with van der Waals surface area (Å²) in [6.07, 6.45) is 0. The van der Waals surface area contributed by atoms with Gasteiger partial charge in [-0.2, -0.15) is 0 Å². The van der Waals surface area contributed by atoms with Crippen molar-refractivity contribution >= 4 is 11.9 Å². The van der Waals surface area contributed by atoms with Gasteiger partial charge in [-0.15, -0.1) is 0 Å². The first-order valence-electron chi connectivity index (χ1n) is 7.59. The summed E-state index contributed by atoms with van der Waals surface area (Å²) in [7, 11) is 0. The van der Waals surface area contributed by atoms with Crippen molar-refractivity contribution in [2.75, 3.05) is 39.3 Å². The summed E-state index contributed by atoms with van der Waals surface area (Å²) in [5.74, 6) is -1.92. The smallest absolute Gasteiger partial charge is 0.508 e. The Balaban J connectivity index is 0. The zero-order valence-corrected chi connectivity index (χ0v) is 18.1. The van der Waals surface area contributed by atoms with Gasteiger partial charge in [-0.3, -0.25) is 19.4 Å². The van der Waals surface area contributed by atoms with Gasteiger partial charge in [0.1, 0.15) is 5.75 Å². The van der Waals surface area contributed by atoms with E-state index in [-0.39, 0.29) is 85.2 Å². The Morgan fingerprint density at radius 3 is 2.08 bits per heavy atom. The molecule has 0 radical (unpaired) electrons. The number of aliphatic hydroxyl groups is 1. The summed E-state index contributed by atoms with van der Waals surface area (Å²) in [5.41, 5.74) is 1.56. The van der Waals surface area contributed by atoms with E-state index < -0.39 is 11.9 Å². The van der Waals surface area contributed by atoms with Crippen LogP contribution in [0.15, 0.2) is 18.2 Å². The van der Waals surface area contributed by atoms with Crippen LogP contribution in [0, 0.1) is 6.92 Å². The number of phenolic OH excluding ortho intramolecular Hbond substituents is 1. The number of aliphatic carboxylic acids is 2. The summed E-state index contributed by atoms with van der Waals surface area (Å²) in [5, 5.41) is 36.8. The molecule has 0 saturated carbocycles. The monoisotopic (exact) mass is 419 g/mol. The van der Waals surface area contributed by atoms with Gasteiger partial charge in [0, 0.05) is 48.8 Å². The number of aryl methyl sites for hydroxylation is 1. The van der Waals surface area contributed by atoms with Crippen LogP contribution in [0.2, 0.25) is 0 Å². The third kappa shape index (κ3) is 11.2. The minimum atomic E-state index is -1.01. The molecule has 0 saturated heterocycles. The van der Waals surface area contributed by atoms with Crippen molar-refractivity contribution in [1.29, 1.82) is 0 Å². The molecule has 8 nitrogen and oxygen atoms in total. The standard InChI is InChI=1S/C16H24N2O6.Fe.Na/c1-12-2-3-14(20)13(8-12)9-18(11-16(23)24)5-4-17(6-7-19)10-15(21)22;;/h2-3,8,19-20H,4-7,9-11H2,1H3,(H,21,22)(H,23,24);;/q;;+1. The number of carbonyl (C=O) groups is 2. The van der Waals surface area contributed by atoms with Gasteiger partial charge in [0.25, 0.3) is 0 Å². The molecule has 1 aromatic rings. The number of carboxylic acid groups (broad SMARTS) is 2. The number of benzene rings is 1. The number of aliphatic hydroxyl groups excluding tert-OH is 1. The Morgan fingerprint density at radius 1 is 1.00 bits per heavy atom. The molecule has 0 atom stereocenters. The first-order valence-corrected chi connectivity index (χ1v) is 7.59. The van der Waals surface area contributed by atoms with E-state index in [4.69, 9.17) is 15.3 Å². The summed E-state index contributed by atoms with van der Waals surface area (Å²) >= 11 is 0. The van der Waals surface area contributed by atoms with Gasteiger partial charge in [0.2, 0.25) is 0 Å². The fourth-order valence-corrected chi connectivity index (χ4v) is 2.37. The van der Waals surface area contributed by atoms with Crippen LogP contribution in [-0.4, -0.2) is 81.5 Å². The number of hydrogen-bond acceptors (Lipinski definition) is 6. The van der Waals surface area contributed by atoms with Crippen molar-refractivity contribution in [3.05, 3.63) is 29.3 Å². The van der Waals surface area contributed by atoms with E-state index in [2.05, 4.69) is 0 Å². The van der Waals surface area contributed by atoms with E-state index in [0.717, 1.165) is 5.56 Å². The van der Waals surface area contributed by atoms with Gasteiger partial charge in [0.05, 0.1) is 19.7 Å². The van der Waals surface area contributed by atoms with Gasteiger partial charge in [-0.05, 0) is 13.0 Å². The van der Waals surface area contributed by atoms with Crippen LogP contribution in [0.1, 0.15) is 11.1 Å². The van der Waals surface area contributed by atoms with Gasteiger partial charge >= 0.3 is 41.5 Å². The summed E-state index contributed by atoms with van der Waals surface area (Å²) in [4.78, 5) is 25.0. The molecule has 26 heavy (non-hydrogen) atoms. The molecule has 10 heteroatoms. The van der Waals surface area contributed by atoms with Crippen LogP contribution in [0.4, 0.5) is 0 Å². The summed E-state index contributed by atoms with van der Waals surface area (Å²) in [6.45, 7) is 2.28. The van der Waals surface area contributed by atoms with Crippen LogP contribution in [0.5, 0.6) is 5.75 Å². The molecule has 0 aliphatic heterocycles. The number of hydrogen-bond donors (Lipinski definition) is 4. The van der Waals surface area contributed by atoms with Gasteiger partial charge in [0.15, 0.2) is 0 Å². The molecule has 0 aliphatic rings. The maximum Gasteiger partial charge on any atom is 1.00 e. The number of phenols is 1. The SMILES string of the molecule is Cc1ccc(O)c(CN(CCN(CCO)CC(=O)O)CC(=O)O)c1.[Fe].[Na+]. The Morgan fingerprint density at radius 2 is 1.54 bits per heavy atom. The van der Waals surface area contributed by atoms with Crippen LogP contribution < -0.4 is 29.6 Å². The predicted octanol–water partition coefficient (Wildman–Crippen LogP) is -3.03. The predicted molar refractivity (Wildman–Crippen MR) is 86.9 cm³/mol. The molecule has 1 aromatic carbocycles. The molecule has 0 amide bonds. The Hall–Kier alpha value is -0.641. The van der Waals surface area contributed by atoms with E-state index >= 15 is 0 Å². The van der Waals surface area contributed by atoms with Crippen LogP contribution in [0.3, 0.4) is 0 Å². The van der Waals surface area contributed by atoms with Crippen LogP contribution >= 0.6 is 0 Å². The van der Waals surface area contributed by atoms with Crippen molar-refractivity contribution in [3.8, 4) is 5.75 Å². The van der Waals surface area contributed by atoms with Crippen molar-refractivity contribution in [2.45, 2.75) is 13.5 Å². The molecule has 1 rings (SSSR count). The number of nitrogens with zero attached hydrogens (tertiary/aromatic N) is 2. The first kappa shape index (κ1) is 27.6. The first-order chi connectivity index (χ1) is 11.3. The van der Waals surface area contributed by atoms with E-state index in [0.29, 0.717) is 18.7 Å². The zero-order chi connectivity index (χ0) is 18.1. The van der Waals surface area contributed by atoms with E-state index in [9.17, 15) is 14.7 Å². The van der Waals surface area contributed by atoms with E-state index in [1.807, 2.05) is 6.92 Å². The number of aromatic hydroxyl groups is 1. The quantitative estimate of drug-likeness (QED) is 0.280. The molecular weight excluding hydrogens is 395 g/mol. The zero-order valence-electron chi connectivity index (χ0n) is 15.0. The second-order valence-electron chi connectivity index (χ2n) is 5.63. The molecule has 0 heterocycles. The fraction of sp³-hybridized carbons (Fsp3) is 0.500. The fourth-order valence-electron chi connectivity index (χ4n) is 2.37.